The first-order chi connectivity index (χ1) is 14.4. The first-order valence-corrected chi connectivity index (χ1v) is 8.63. The van der Waals surface area contributed by atoms with Crippen molar-refractivity contribution in [1.82, 2.24) is 9.97 Å². The van der Waals surface area contributed by atoms with Gasteiger partial charge in [-0.3, -0.25) is 4.79 Å². The van der Waals surface area contributed by atoms with E-state index in [0.29, 0.717) is 0 Å². The Hall–Kier alpha value is -3.41. The Balaban J connectivity index is 1.78. The summed E-state index contributed by atoms with van der Waals surface area (Å²) in [6.07, 6.45) is 0.198. The Morgan fingerprint density at radius 1 is 1.40 bits per heavy atom. The van der Waals surface area contributed by atoms with E-state index >= 15 is 4.39 Å². The molecular weight excluding hydrogens is 407 g/mol. The number of hydrogen-bond acceptors (Lipinski definition) is 7. The molecule has 1 fully saturated rings. The summed E-state index contributed by atoms with van der Waals surface area (Å²) in [5.74, 6) is -1.63. The number of aromatic nitrogens is 2. The SMILES string of the molecule is C/N=C(/N)OC1([C@H](F)c2cc(NC(=O)c3cnc(OCF)cn3)ccc2F)COC1. The van der Waals surface area contributed by atoms with E-state index in [1.807, 2.05) is 0 Å². The number of benzene rings is 1. The molecule has 160 valence electrons. The van der Waals surface area contributed by atoms with E-state index in [0.717, 1.165) is 24.5 Å². The summed E-state index contributed by atoms with van der Waals surface area (Å²) in [6, 6.07) is 3.13. The van der Waals surface area contributed by atoms with E-state index in [-0.39, 0.29) is 42.1 Å². The highest BCUT2D eigenvalue weighted by Gasteiger charge is 2.51. The van der Waals surface area contributed by atoms with Gasteiger partial charge in [-0.05, 0) is 18.2 Å². The van der Waals surface area contributed by atoms with Crippen LogP contribution in [0.2, 0.25) is 0 Å². The normalized spacial score (nSPS) is 16.3. The Labute approximate surface area is 169 Å². The topological polar surface area (TPSA) is 121 Å². The zero-order chi connectivity index (χ0) is 21.7. The van der Waals surface area contributed by atoms with Crippen LogP contribution in [0.3, 0.4) is 0 Å². The van der Waals surface area contributed by atoms with Gasteiger partial charge in [0.25, 0.3) is 11.9 Å². The smallest absolute Gasteiger partial charge is 0.282 e. The van der Waals surface area contributed by atoms with Gasteiger partial charge in [-0.15, -0.1) is 0 Å². The monoisotopic (exact) mass is 425 g/mol. The molecule has 1 saturated heterocycles. The molecule has 2 aromatic rings. The Morgan fingerprint density at radius 2 is 2.17 bits per heavy atom. The van der Waals surface area contributed by atoms with E-state index in [1.165, 1.54) is 13.1 Å². The fraction of sp³-hybridized carbons (Fsp3) is 0.333. The highest BCUT2D eigenvalue weighted by atomic mass is 19.1. The van der Waals surface area contributed by atoms with E-state index in [4.69, 9.17) is 15.2 Å². The lowest BCUT2D eigenvalue weighted by molar-refractivity contribution is -0.204. The molecule has 1 amide bonds. The Bertz CT molecular complexity index is 938. The quantitative estimate of drug-likeness (QED) is 0.513. The average molecular weight is 425 g/mol. The third-order valence-corrected chi connectivity index (χ3v) is 4.27. The molecule has 1 atom stereocenters. The first-order valence-electron chi connectivity index (χ1n) is 8.63. The molecule has 0 bridgehead atoms. The number of nitrogens with one attached hydrogen (secondary N) is 1. The fourth-order valence-corrected chi connectivity index (χ4v) is 2.67. The number of nitrogens with zero attached hydrogens (tertiary/aromatic N) is 3. The first kappa shape index (κ1) is 21.3. The molecule has 3 N–H and O–H groups in total. The number of carbonyl (C=O) groups excluding carboxylic acids is 1. The van der Waals surface area contributed by atoms with Crippen LogP contribution in [-0.2, 0) is 9.47 Å². The minimum atomic E-state index is -1.94. The maximum Gasteiger partial charge on any atom is 0.282 e. The highest BCUT2D eigenvalue weighted by Crippen LogP contribution is 2.40. The molecular formula is C18H18F3N5O4. The van der Waals surface area contributed by atoms with Crippen LogP contribution in [-0.4, -0.2) is 54.6 Å². The summed E-state index contributed by atoms with van der Waals surface area (Å²) >= 11 is 0. The van der Waals surface area contributed by atoms with Crippen molar-refractivity contribution in [3.8, 4) is 5.88 Å². The van der Waals surface area contributed by atoms with Gasteiger partial charge < -0.3 is 25.3 Å². The number of hydrogen-bond donors (Lipinski definition) is 2. The van der Waals surface area contributed by atoms with Crippen LogP contribution in [0, 0.1) is 5.82 Å². The van der Waals surface area contributed by atoms with Crippen molar-refractivity contribution in [2.24, 2.45) is 10.7 Å². The van der Waals surface area contributed by atoms with Crippen LogP contribution in [0.5, 0.6) is 5.88 Å². The van der Waals surface area contributed by atoms with Gasteiger partial charge in [0.2, 0.25) is 12.7 Å². The molecule has 1 aliphatic rings. The molecule has 0 unspecified atom stereocenters. The van der Waals surface area contributed by atoms with Gasteiger partial charge in [-0.25, -0.2) is 28.1 Å². The fourth-order valence-electron chi connectivity index (χ4n) is 2.67. The number of anilines is 1. The van der Waals surface area contributed by atoms with Gasteiger partial charge in [-0.2, -0.15) is 0 Å². The molecule has 1 aliphatic heterocycles. The van der Waals surface area contributed by atoms with Crippen LogP contribution in [0.1, 0.15) is 22.2 Å². The minimum absolute atomic E-state index is 0.0960. The zero-order valence-corrected chi connectivity index (χ0v) is 15.8. The van der Waals surface area contributed by atoms with Gasteiger partial charge in [0.05, 0.1) is 25.6 Å². The summed E-state index contributed by atoms with van der Waals surface area (Å²) in [7, 11) is 1.37. The predicted octanol–water partition coefficient (Wildman–Crippen LogP) is 1.91. The number of aliphatic imine (C=N–C) groups is 1. The van der Waals surface area contributed by atoms with Crippen molar-refractivity contribution in [3.05, 3.63) is 47.7 Å². The van der Waals surface area contributed by atoms with Crippen molar-refractivity contribution in [2.45, 2.75) is 11.8 Å². The summed E-state index contributed by atoms with van der Waals surface area (Å²) in [6.45, 7) is -1.39. The number of carbonyl (C=O) groups is 1. The Kier molecular flexibility index (Phi) is 6.35. The number of amides is 1. The van der Waals surface area contributed by atoms with Crippen molar-refractivity contribution < 1.29 is 32.2 Å². The third kappa shape index (κ3) is 4.43. The number of alkyl halides is 2. The molecule has 3 rings (SSSR count). The van der Waals surface area contributed by atoms with Gasteiger partial charge in [-0.1, -0.05) is 0 Å². The van der Waals surface area contributed by atoms with E-state index < -0.39 is 30.4 Å². The van der Waals surface area contributed by atoms with E-state index in [1.54, 1.807) is 0 Å². The lowest BCUT2D eigenvalue weighted by atomic mass is 9.89. The maximum absolute atomic E-state index is 15.2. The van der Waals surface area contributed by atoms with Gasteiger partial charge >= 0.3 is 0 Å². The number of amidine groups is 1. The summed E-state index contributed by atoms with van der Waals surface area (Å²) < 4.78 is 56.5. The molecule has 1 aromatic heterocycles. The second-order valence-corrected chi connectivity index (χ2v) is 6.27. The standard InChI is InChI=1S/C18H18F3N5O4/c1-23-17(22)30-18(7-28-8-18)15(21)11-4-10(2-3-12(11)20)26-16(27)13-5-25-14(6-24-13)29-9-19/h2-6,15H,7-9H2,1H3,(H2,22,23)(H,26,27)/t15-/m1/s1. The van der Waals surface area contributed by atoms with Gasteiger partial charge in [0.15, 0.2) is 11.8 Å². The largest absolute Gasteiger partial charge is 0.450 e. The van der Waals surface area contributed by atoms with Crippen LogP contribution in [0.25, 0.3) is 0 Å². The minimum Gasteiger partial charge on any atom is -0.450 e. The van der Waals surface area contributed by atoms with E-state index in [9.17, 15) is 13.6 Å². The second-order valence-electron chi connectivity index (χ2n) is 6.27. The number of ether oxygens (including phenoxy) is 3. The maximum atomic E-state index is 15.2. The Morgan fingerprint density at radius 3 is 2.73 bits per heavy atom. The lowest BCUT2D eigenvalue weighted by Crippen LogP contribution is -2.57. The van der Waals surface area contributed by atoms with Crippen LogP contribution < -0.4 is 15.8 Å². The number of nitrogens with two attached hydrogens (primary N) is 1. The van der Waals surface area contributed by atoms with Crippen molar-refractivity contribution in [2.75, 3.05) is 32.4 Å². The summed E-state index contributed by atoms with van der Waals surface area (Å²) in [4.78, 5) is 23.4. The molecule has 0 spiro atoms. The number of rotatable bonds is 7. The molecule has 0 radical (unpaired) electrons. The average Bonchev–Trinajstić information content (AvgIpc) is 2.72. The van der Waals surface area contributed by atoms with Crippen LogP contribution in [0.4, 0.5) is 18.9 Å². The molecule has 9 nitrogen and oxygen atoms in total. The molecule has 1 aromatic carbocycles. The summed E-state index contributed by atoms with van der Waals surface area (Å²) in [5, 5.41) is 2.46. The number of halogens is 3. The highest BCUT2D eigenvalue weighted by molar-refractivity contribution is 6.02. The van der Waals surface area contributed by atoms with Crippen molar-refractivity contribution in [1.29, 1.82) is 0 Å². The molecule has 2 heterocycles. The molecule has 12 heteroatoms. The molecule has 30 heavy (non-hydrogen) atoms. The van der Waals surface area contributed by atoms with Crippen molar-refractivity contribution >= 4 is 17.6 Å². The molecule has 0 saturated carbocycles. The van der Waals surface area contributed by atoms with Crippen molar-refractivity contribution in [3.63, 3.8) is 0 Å². The van der Waals surface area contributed by atoms with Gasteiger partial charge in [0.1, 0.15) is 11.5 Å². The third-order valence-electron chi connectivity index (χ3n) is 4.27. The van der Waals surface area contributed by atoms with Gasteiger partial charge in [0, 0.05) is 18.3 Å². The van der Waals surface area contributed by atoms with Crippen LogP contribution in [0.15, 0.2) is 35.6 Å². The van der Waals surface area contributed by atoms with Crippen LogP contribution >= 0.6 is 0 Å². The predicted molar refractivity (Wildman–Crippen MR) is 99.0 cm³/mol. The molecule has 0 aliphatic carbocycles. The summed E-state index contributed by atoms with van der Waals surface area (Å²) in [5.41, 5.74) is 3.65. The second kappa shape index (κ2) is 8.95. The zero-order valence-electron chi connectivity index (χ0n) is 15.8. The lowest BCUT2D eigenvalue weighted by Gasteiger charge is -2.42. The van der Waals surface area contributed by atoms with E-state index in [2.05, 4.69) is 25.0 Å².